The molecule has 5 heteroatoms. The van der Waals surface area contributed by atoms with Crippen LogP contribution in [0.1, 0.15) is 0 Å². The van der Waals surface area contributed by atoms with Crippen LogP contribution in [0.2, 0.25) is 0 Å². The van der Waals surface area contributed by atoms with Crippen molar-refractivity contribution in [1.29, 1.82) is 0 Å². The van der Waals surface area contributed by atoms with Crippen molar-refractivity contribution in [2.45, 2.75) is 0 Å². The highest BCUT2D eigenvalue weighted by Gasteiger charge is 2.04. The third-order valence-corrected chi connectivity index (χ3v) is 2.10. The quantitative estimate of drug-likeness (QED) is 0.727. The van der Waals surface area contributed by atoms with Gasteiger partial charge in [-0.1, -0.05) is 0 Å². The van der Waals surface area contributed by atoms with E-state index in [9.17, 15) is 0 Å². The molecular formula is C12H19NO4. The van der Waals surface area contributed by atoms with Crippen LogP contribution in [-0.2, 0) is 0 Å². The molecule has 1 aromatic carbocycles. The SMILES string of the molecule is CN(C)c1cc(OCCO)cc(OCCO)c1. The average Bonchev–Trinajstić information content (AvgIpc) is 2.33. The molecule has 0 atom stereocenters. The van der Waals surface area contributed by atoms with Crippen molar-refractivity contribution in [3.05, 3.63) is 18.2 Å². The molecule has 0 fully saturated rings. The van der Waals surface area contributed by atoms with Crippen molar-refractivity contribution in [1.82, 2.24) is 0 Å². The van der Waals surface area contributed by atoms with E-state index in [-0.39, 0.29) is 26.4 Å². The fraction of sp³-hybridized carbons (Fsp3) is 0.500. The second-order valence-corrected chi connectivity index (χ2v) is 3.70. The predicted molar refractivity (Wildman–Crippen MR) is 65.9 cm³/mol. The van der Waals surface area contributed by atoms with Crippen LogP contribution in [-0.4, -0.2) is 50.7 Å². The van der Waals surface area contributed by atoms with Crippen molar-refractivity contribution in [3.63, 3.8) is 0 Å². The molecule has 5 nitrogen and oxygen atoms in total. The van der Waals surface area contributed by atoms with Gasteiger partial charge < -0.3 is 24.6 Å². The molecule has 0 aliphatic carbocycles. The lowest BCUT2D eigenvalue weighted by Gasteiger charge is -2.16. The molecule has 96 valence electrons. The molecule has 0 aliphatic rings. The van der Waals surface area contributed by atoms with Crippen LogP contribution in [0.5, 0.6) is 11.5 Å². The van der Waals surface area contributed by atoms with E-state index in [1.54, 1.807) is 6.07 Å². The maximum atomic E-state index is 8.72. The normalized spacial score (nSPS) is 10.1. The fourth-order valence-corrected chi connectivity index (χ4v) is 1.31. The summed E-state index contributed by atoms with van der Waals surface area (Å²) in [6.45, 7) is 0.435. The summed E-state index contributed by atoms with van der Waals surface area (Å²) in [6, 6.07) is 5.46. The topological polar surface area (TPSA) is 62.2 Å². The standard InChI is InChI=1S/C12H19NO4/c1-13(2)10-7-11(16-5-3-14)9-12(8-10)17-6-4-15/h7-9,14-15H,3-6H2,1-2H3. The second-order valence-electron chi connectivity index (χ2n) is 3.70. The smallest absolute Gasteiger partial charge is 0.125 e. The molecule has 1 rings (SSSR count). The Morgan fingerprint density at radius 3 is 1.76 bits per heavy atom. The lowest BCUT2D eigenvalue weighted by Crippen LogP contribution is -2.10. The van der Waals surface area contributed by atoms with Gasteiger partial charge in [0.15, 0.2) is 0 Å². The Hall–Kier alpha value is -1.46. The van der Waals surface area contributed by atoms with E-state index in [0.29, 0.717) is 11.5 Å². The Balaban J connectivity index is 2.84. The molecule has 0 bridgehead atoms. The molecule has 0 saturated carbocycles. The molecule has 0 amide bonds. The van der Waals surface area contributed by atoms with Crippen LogP contribution in [0, 0.1) is 0 Å². The first kappa shape index (κ1) is 13.6. The number of aliphatic hydroxyl groups excluding tert-OH is 2. The maximum absolute atomic E-state index is 8.72. The molecule has 17 heavy (non-hydrogen) atoms. The van der Waals surface area contributed by atoms with Gasteiger partial charge in [0, 0.05) is 38.0 Å². The average molecular weight is 241 g/mol. The molecule has 0 aliphatic heterocycles. The highest BCUT2D eigenvalue weighted by atomic mass is 16.5. The van der Waals surface area contributed by atoms with Crippen LogP contribution in [0.3, 0.4) is 0 Å². The third-order valence-electron chi connectivity index (χ3n) is 2.10. The van der Waals surface area contributed by atoms with Crippen molar-refractivity contribution in [2.24, 2.45) is 0 Å². The largest absolute Gasteiger partial charge is 0.491 e. The molecule has 1 aromatic rings. The third kappa shape index (κ3) is 4.50. The lowest BCUT2D eigenvalue weighted by atomic mass is 10.2. The van der Waals surface area contributed by atoms with Crippen LogP contribution in [0.4, 0.5) is 5.69 Å². The van der Waals surface area contributed by atoms with E-state index in [1.165, 1.54) is 0 Å². The van der Waals surface area contributed by atoms with Gasteiger partial charge in [0.2, 0.25) is 0 Å². The molecule has 0 heterocycles. The van der Waals surface area contributed by atoms with E-state index in [1.807, 2.05) is 31.1 Å². The summed E-state index contributed by atoms with van der Waals surface area (Å²) < 4.78 is 10.7. The first-order chi connectivity index (χ1) is 8.17. The molecule has 0 saturated heterocycles. The van der Waals surface area contributed by atoms with Gasteiger partial charge in [0.05, 0.1) is 13.2 Å². The summed E-state index contributed by atoms with van der Waals surface area (Å²) in [6.07, 6.45) is 0. The number of aliphatic hydroxyl groups is 2. The monoisotopic (exact) mass is 241 g/mol. The second kappa shape index (κ2) is 6.98. The van der Waals surface area contributed by atoms with Gasteiger partial charge >= 0.3 is 0 Å². The van der Waals surface area contributed by atoms with E-state index in [0.717, 1.165) is 5.69 Å². The number of benzene rings is 1. The van der Waals surface area contributed by atoms with Gasteiger partial charge in [-0.3, -0.25) is 0 Å². The first-order valence-corrected chi connectivity index (χ1v) is 5.47. The van der Waals surface area contributed by atoms with Crippen LogP contribution >= 0.6 is 0 Å². The Labute approximate surface area is 101 Å². The minimum Gasteiger partial charge on any atom is -0.491 e. The Bertz CT molecular complexity index is 315. The summed E-state index contributed by atoms with van der Waals surface area (Å²) in [4.78, 5) is 1.93. The highest BCUT2D eigenvalue weighted by Crippen LogP contribution is 2.27. The predicted octanol–water partition coefficient (Wildman–Crippen LogP) is 0.495. The summed E-state index contributed by atoms with van der Waals surface area (Å²) in [5.41, 5.74) is 0.938. The van der Waals surface area contributed by atoms with E-state index >= 15 is 0 Å². The van der Waals surface area contributed by atoms with Gasteiger partial charge in [-0.2, -0.15) is 0 Å². The zero-order chi connectivity index (χ0) is 12.7. The number of nitrogens with zero attached hydrogens (tertiary/aromatic N) is 1. The fourth-order valence-electron chi connectivity index (χ4n) is 1.31. The minimum absolute atomic E-state index is 0.0287. The van der Waals surface area contributed by atoms with Gasteiger partial charge in [0.1, 0.15) is 24.7 Å². The van der Waals surface area contributed by atoms with Crippen molar-refractivity contribution in [3.8, 4) is 11.5 Å². The Kier molecular flexibility index (Phi) is 5.59. The number of hydrogen-bond donors (Lipinski definition) is 2. The molecule has 0 unspecified atom stereocenters. The summed E-state index contributed by atoms with van der Waals surface area (Å²) >= 11 is 0. The van der Waals surface area contributed by atoms with Crippen LogP contribution in [0.25, 0.3) is 0 Å². The molecule has 0 spiro atoms. The van der Waals surface area contributed by atoms with E-state index in [2.05, 4.69) is 0 Å². The lowest BCUT2D eigenvalue weighted by molar-refractivity contribution is 0.195. The van der Waals surface area contributed by atoms with E-state index in [4.69, 9.17) is 19.7 Å². The van der Waals surface area contributed by atoms with Crippen molar-refractivity contribution in [2.75, 3.05) is 45.4 Å². The first-order valence-electron chi connectivity index (χ1n) is 5.47. The molecule has 0 radical (unpaired) electrons. The van der Waals surface area contributed by atoms with Crippen molar-refractivity contribution < 1.29 is 19.7 Å². The molecular weight excluding hydrogens is 222 g/mol. The highest BCUT2D eigenvalue weighted by molar-refractivity contribution is 5.54. The van der Waals surface area contributed by atoms with Crippen molar-refractivity contribution >= 4 is 5.69 Å². The zero-order valence-corrected chi connectivity index (χ0v) is 10.2. The maximum Gasteiger partial charge on any atom is 0.125 e. The van der Waals surface area contributed by atoms with Gasteiger partial charge in [-0.25, -0.2) is 0 Å². The Morgan fingerprint density at radius 2 is 1.41 bits per heavy atom. The van der Waals surface area contributed by atoms with Gasteiger partial charge in [0.25, 0.3) is 0 Å². The van der Waals surface area contributed by atoms with Gasteiger partial charge in [-0.05, 0) is 0 Å². The number of ether oxygens (including phenoxy) is 2. The minimum atomic E-state index is -0.0287. The number of rotatable bonds is 7. The number of hydrogen-bond acceptors (Lipinski definition) is 5. The molecule has 0 aromatic heterocycles. The Morgan fingerprint density at radius 1 is 0.941 bits per heavy atom. The van der Waals surface area contributed by atoms with E-state index < -0.39 is 0 Å². The molecule has 2 N–H and O–H groups in total. The summed E-state index contributed by atoms with van der Waals surface area (Å²) in [7, 11) is 3.84. The van der Waals surface area contributed by atoms with Crippen LogP contribution < -0.4 is 14.4 Å². The summed E-state index contributed by atoms with van der Waals surface area (Å²) in [5, 5.41) is 17.4. The number of anilines is 1. The van der Waals surface area contributed by atoms with Crippen LogP contribution in [0.15, 0.2) is 18.2 Å². The zero-order valence-electron chi connectivity index (χ0n) is 10.2. The van der Waals surface area contributed by atoms with Gasteiger partial charge in [-0.15, -0.1) is 0 Å². The summed E-state index contributed by atoms with van der Waals surface area (Å²) in [5.74, 6) is 1.27.